The van der Waals surface area contributed by atoms with E-state index in [1.807, 2.05) is 0 Å². The number of hydrogen-bond acceptors (Lipinski definition) is 2. The number of nitrogens with one attached hydrogen (secondary N) is 1. The molecule has 0 bridgehead atoms. The molecule has 2 aromatic carbocycles. The van der Waals surface area contributed by atoms with Crippen LogP contribution in [0.2, 0.25) is 0 Å². The van der Waals surface area contributed by atoms with Crippen LogP contribution in [0.3, 0.4) is 0 Å². The zero-order chi connectivity index (χ0) is 13.8. The molecule has 102 valence electrons. The Bertz CT molecular complexity index is 551. The molecule has 0 amide bonds. The summed E-state index contributed by atoms with van der Waals surface area (Å²) in [4.78, 5) is 2.20. The number of fused-ring (bicyclic) bond motifs is 1. The molecule has 0 aliphatic carbocycles. The summed E-state index contributed by atoms with van der Waals surface area (Å²) in [5.41, 5.74) is 1.33. The van der Waals surface area contributed by atoms with E-state index < -0.39 is 0 Å². The summed E-state index contributed by atoms with van der Waals surface area (Å²) >= 11 is 3.51. The van der Waals surface area contributed by atoms with E-state index in [2.05, 4.69) is 83.6 Å². The molecule has 0 fully saturated rings. The summed E-state index contributed by atoms with van der Waals surface area (Å²) in [6.07, 6.45) is 0. The van der Waals surface area contributed by atoms with Crippen molar-refractivity contribution in [1.29, 1.82) is 0 Å². The van der Waals surface area contributed by atoms with E-state index >= 15 is 0 Å². The molecule has 0 heterocycles. The molecular formula is C16H21BrN2. The van der Waals surface area contributed by atoms with Crippen LogP contribution in [0.25, 0.3) is 10.8 Å². The summed E-state index contributed by atoms with van der Waals surface area (Å²) in [7, 11) is 4.21. The SMILES string of the molecule is CC(CN(C)C)NCc1ccc2cc(Br)ccc2c1. The topological polar surface area (TPSA) is 15.3 Å². The van der Waals surface area contributed by atoms with Gasteiger partial charge in [-0.05, 0) is 55.6 Å². The predicted octanol–water partition coefficient (Wildman–Crippen LogP) is 3.64. The number of benzene rings is 2. The van der Waals surface area contributed by atoms with Crippen LogP contribution >= 0.6 is 15.9 Å². The zero-order valence-electron chi connectivity index (χ0n) is 11.8. The van der Waals surface area contributed by atoms with Gasteiger partial charge in [0.25, 0.3) is 0 Å². The number of rotatable bonds is 5. The molecule has 0 spiro atoms. The third-order valence-electron chi connectivity index (χ3n) is 3.16. The second kappa shape index (κ2) is 6.51. The van der Waals surface area contributed by atoms with Crippen molar-refractivity contribution in [3.05, 3.63) is 46.4 Å². The molecule has 1 atom stereocenters. The highest BCUT2D eigenvalue weighted by Crippen LogP contribution is 2.20. The van der Waals surface area contributed by atoms with Crippen LogP contribution in [0.5, 0.6) is 0 Å². The van der Waals surface area contributed by atoms with Crippen LogP contribution in [0, 0.1) is 0 Å². The van der Waals surface area contributed by atoms with Gasteiger partial charge < -0.3 is 10.2 Å². The van der Waals surface area contributed by atoms with Gasteiger partial charge >= 0.3 is 0 Å². The smallest absolute Gasteiger partial charge is 0.0208 e. The lowest BCUT2D eigenvalue weighted by Gasteiger charge is -2.18. The predicted molar refractivity (Wildman–Crippen MR) is 86.5 cm³/mol. The number of halogens is 1. The van der Waals surface area contributed by atoms with Crippen molar-refractivity contribution in [3.8, 4) is 0 Å². The molecule has 0 aromatic heterocycles. The Hall–Kier alpha value is -0.900. The highest BCUT2D eigenvalue weighted by molar-refractivity contribution is 9.10. The van der Waals surface area contributed by atoms with E-state index in [1.54, 1.807) is 0 Å². The summed E-state index contributed by atoms with van der Waals surface area (Å²) in [5, 5.41) is 6.13. The Labute approximate surface area is 123 Å². The Morgan fingerprint density at radius 3 is 2.53 bits per heavy atom. The second-order valence-corrected chi connectivity index (χ2v) is 6.29. The molecule has 3 heteroatoms. The molecule has 0 radical (unpaired) electrons. The minimum absolute atomic E-state index is 0.496. The molecule has 0 aliphatic heterocycles. The fraction of sp³-hybridized carbons (Fsp3) is 0.375. The van der Waals surface area contributed by atoms with E-state index in [4.69, 9.17) is 0 Å². The average molecular weight is 321 g/mol. The number of hydrogen-bond donors (Lipinski definition) is 1. The van der Waals surface area contributed by atoms with E-state index in [9.17, 15) is 0 Å². The largest absolute Gasteiger partial charge is 0.309 e. The van der Waals surface area contributed by atoms with Crippen LogP contribution < -0.4 is 5.32 Å². The monoisotopic (exact) mass is 320 g/mol. The van der Waals surface area contributed by atoms with Gasteiger partial charge in [0.05, 0.1) is 0 Å². The molecule has 1 N–H and O–H groups in total. The summed E-state index contributed by atoms with van der Waals surface area (Å²) in [6.45, 7) is 4.19. The van der Waals surface area contributed by atoms with E-state index in [-0.39, 0.29) is 0 Å². The maximum Gasteiger partial charge on any atom is 0.0208 e. The minimum atomic E-state index is 0.496. The first kappa shape index (κ1) is 14.5. The highest BCUT2D eigenvalue weighted by Gasteiger charge is 2.03. The molecule has 1 unspecified atom stereocenters. The molecule has 2 rings (SSSR count). The van der Waals surface area contributed by atoms with Gasteiger partial charge in [-0.2, -0.15) is 0 Å². The molecular weight excluding hydrogens is 300 g/mol. The van der Waals surface area contributed by atoms with Crippen molar-refractivity contribution < 1.29 is 0 Å². The van der Waals surface area contributed by atoms with Crippen molar-refractivity contribution in [3.63, 3.8) is 0 Å². The zero-order valence-corrected chi connectivity index (χ0v) is 13.4. The van der Waals surface area contributed by atoms with Gasteiger partial charge in [-0.15, -0.1) is 0 Å². The van der Waals surface area contributed by atoms with E-state index in [0.717, 1.165) is 17.6 Å². The summed E-state index contributed by atoms with van der Waals surface area (Å²) in [5.74, 6) is 0. The average Bonchev–Trinajstić information content (AvgIpc) is 2.35. The van der Waals surface area contributed by atoms with E-state index in [0.29, 0.717) is 6.04 Å². The normalized spacial score (nSPS) is 13.1. The standard InChI is InChI=1S/C16H21BrN2/c1-12(11-19(2)3)18-10-13-4-5-15-9-16(17)7-6-14(15)8-13/h4-9,12,18H,10-11H2,1-3H3. The Morgan fingerprint density at radius 2 is 1.79 bits per heavy atom. The lowest BCUT2D eigenvalue weighted by molar-refractivity contribution is 0.349. The van der Waals surface area contributed by atoms with Crippen LogP contribution in [0.15, 0.2) is 40.9 Å². The van der Waals surface area contributed by atoms with Crippen LogP contribution in [0.4, 0.5) is 0 Å². The molecule has 19 heavy (non-hydrogen) atoms. The fourth-order valence-corrected chi connectivity index (χ4v) is 2.66. The van der Waals surface area contributed by atoms with Gasteiger partial charge in [-0.1, -0.05) is 34.1 Å². The third kappa shape index (κ3) is 4.30. The Morgan fingerprint density at radius 1 is 1.11 bits per heavy atom. The number of likely N-dealkylation sites (N-methyl/N-ethyl adjacent to an activating group) is 1. The summed E-state index contributed by atoms with van der Waals surface area (Å²) in [6, 6.07) is 13.5. The van der Waals surface area contributed by atoms with Gasteiger partial charge in [0.15, 0.2) is 0 Å². The second-order valence-electron chi connectivity index (χ2n) is 5.37. The fourth-order valence-electron chi connectivity index (χ4n) is 2.28. The molecule has 2 nitrogen and oxygen atoms in total. The highest BCUT2D eigenvalue weighted by atomic mass is 79.9. The van der Waals surface area contributed by atoms with Crippen LogP contribution in [-0.4, -0.2) is 31.6 Å². The van der Waals surface area contributed by atoms with Gasteiger partial charge in [-0.25, -0.2) is 0 Å². The first-order chi connectivity index (χ1) is 9.04. The first-order valence-corrected chi connectivity index (χ1v) is 7.40. The molecule has 2 aromatic rings. The first-order valence-electron chi connectivity index (χ1n) is 6.61. The molecule has 0 aliphatic rings. The maximum atomic E-state index is 3.56. The van der Waals surface area contributed by atoms with Gasteiger partial charge in [0, 0.05) is 23.6 Å². The van der Waals surface area contributed by atoms with Crippen molar-refractivity contribution in [1.82, 2.24) is 10.2 Å². The summed E-state index contributed by atoms with van der Waals surface area (Å²) < 4.78 is 1.13. The Balaban J connectivity index is 2.03. The van der Waals surface area contributed by atoms with Gasteiger partial charge in [-0.3, -0.25) is 0 Å². The number of nitrogens with zero attached hydrogens (tertiary/aromatic N) is 1. The van der Waals surface area contributed by atoms with Crippen LogP contribution in [-0.2, 0) is 6.54 Å². The van der Waals surface area contributed by atoms with Crippen molar-refractivity contribution in [2.45, 2.75) is 19.5 Å². The van der Waals surface area contributed by atoms with Crippen molar-refractivity contribution in [2.24, 2.45) is 0 Å². The van der Waals surface area contributed by atoms with Gasteiger partial charge in [0.2, 0.25) is 0 Å². The van der Waals surface area contributed by atoms with Crippen molar-refractivity contribution >= 4 is 26.7 Å². The van der Waals surface area contributed by atoms with Crippen molar-refractivity contribution in [2.75, 3.05) is 20.6 Å². The lowest BCUT2D eigenvalue weighted by atomic mass is 10.1. The molecule has 0 saturated carbocycles. The third-order valence-corrected chi connectivity index (χ3v) is 3.65. The molecule has 0 saturated heterocycles. The quantitative estimate of drug-likeness (QED) is 0.904. The minimum Gasteiger partial charge on any atom is -0.309 e. The van der Waals surface area contributed by atoms with Gasteiger partial charge in [0.1, 0.15) is 0 Å². The lowest BCUT2D eigenvalue weighted by Crippen LogP contribution is -2.35. The van der Waals surface area contributed by atoms with Crippen LogP contribution in [0.1, 0.15) is 12.5 Å². The Kier molecular flexibility index (Phi) is 4.97. The van der Waals surface area contributed by atoms with E-state index in [1.165, 1.54) is 16.3 Å². The maximum absolute atomic E-state index is 3.56.